The molecule has 0 aromatic heterocycles. The Morgan fingerprint density at radius 2 is 2.26 bits per heavy atom. The Kier molecular flexibility index (Phi) is 4.64. The van der Waals surface area contributed by atoms with Crippen LogP contribution in [0.5, 0.6) is 0 Å². The van der Waals surface area contributed by atoms with Gasteiger partial charge in [-0.25, -0.2) is 8.78 Å². The zero-order chi connectivity index (χ0) is 13.8. The van der Waals surface area contributed by atoms with Crippen LogP contribution in [0.3, 0.4) is 0 Å². The molecular formula is C15H19F2NO. The SMILES string of the molecule is CC(CC(=O)c1cc(F)ccc1F)C1CCCNC1. The van der Waals surface area contributed by atoms with Crippen LogP contribution in [-0.4, -0.2) is 18.9 Å². The van der Waals surface area contributed by atoms with Crippen molar-refractivity contribution in [3.8, 4) is 0 Å². The molecule has 2 atom stereocenters. The van der Waals surface area contributed by atoms with E-state index in [-0.39, 0.29) is 23.7 Å². The fourth-order valence-electron chi connectivity index (χ4n) is 2.64. The van der Waals surface area contributed by atoms with Crippen LogP contribution in [-0.2, 0) is 0 Å². The fraction of sp³-hybridized carbons (Fsp3) is 0.533. The highest BCUT2D eigenvalue weighted by Crippen LogP contribution is 2.24. The normalized spacial score (nSPS) is 21.1. The van der Waals surface area contributed by atoms with E-state index in [0.29, 0.717) is 5.92 Å². The van der Waals surface area contributed by atoms with Crippen molar-refractivity contribution in [3.05, 3.63) is 35.4 Å². The number of piperidine rings is 1. The Morgan fingerprint density at radius 3 is 2.95 bits per heavy atom. The molecule has 0 radical (unpaired) electrons. The van der Waals surface area contributed by atoms with Gasteiger partial charge < -0.3 is 5.32 Å². The smallest absolute Gasteiger partial charge is 0.166 e. The Morgan fingerprint density at radius 1 is 1.47 bits per heavy atom. The van der Waals surface area contributed by atoms with Gasteiger partial charge in [0, 0.05) is 6.42 Å². The molecule has 0 spiro atoms. The summed E-state index contributed by atoms with van der Waals surface area (Å²) < 4.78 is 26.6. The molecule has 1 aromatic carbocycles. The number of carbonyl (C=O) groups is 1. The number of Topliss-reactive ketones (excluding diaryl/α,β-unsaturated/α-hetero) is 1. The van der Waals surface area contributed by atoms with Crippen LogP contribution in [0.15, 0.2) is 18.2 Å². The standard InChI is InChI=1S/C15H19F2NO/c1-10(11-3-2-6-18-9-11)7-15(19)13-8-12(16)4-5-14(13)17/h4-5,8,10-11,18H,2-3,6-7,9H2,1H3. The van der Waals surface area contributed by atoms with Crippen molar-refractivity contribution in [2.75, 3.05) is 13.1 Å². The maximum Gasteiger partial charge on any atom is 0.166 e. The van der Waals surface area contributed by atoms with Crippen molar-refractivity contribution in [2.45, 2.75) is 26.2 Å². The highest BCUT2D eigenvalue weighted by Gasteiger charge is 2.23. The maximum atomic E-state index is 13.5. The van der Waals surface area contributed by atoms with Gasteiger partial charge in [0.2, 0.25) is 0 Å². The molecule has 2 rings (SSSR count). The second-order valence-corrected chi connectivity index (χ2v) is 5.34. The van der Waals surface area contributed by atoms with Gasteiger partial charge in [0.15, 0.2) is 5.78 Å². The molecule has 0 bridgehead atoms. The van der Waals surface area contributed by atoms with Gasteiger partial charge in [0.25, 0.3) is 0 Å². The van der Waals surface area contributed by atoms with Crippen molar-refractivity contribution >= 4 is 5.78 Å². The Bertz CT molecular complexity index is 455. The third kappa shape index (κ3) is 3.60. The molecule has 2 unspecified atom stereocenters. The minimum absolute atomic E-state index is 0.129. The number of rotatable bonds is 4. The summed E-state index contributed by atoms with van der Waals surface area (Å²) in [5, 5.41) is 3.30. The lowest BCUT2D eigenvalue weighted by Gasteiger charge is -2.28. The second kappa shape index (κ2) is 6.24. The second-order valence-electron chi connectivity index (χ2n) is 5.34. The average molecular weight is 267 g/mol. The van der Waals surface area contributed by atoms with Crippen LogP contribution in [0.4, 0.5) is 8.78 Å². The summed E-state index contributed by atoms with van der Waals surface area (Å²) in [6.45, 7) is 3.93. The lowest BCUT2D eigenvalue weighted by Crippen LogP contribution is -2.34. The first kappa shape index (κ1) is 14.1. The number of hydrogen-bond acceptors (Lipinski definition) is 2. The maximum absolute atomic E-state index is 13.5. The van der Waals surface area contributed by atoms with Crippen molar-refractivity contribution < 1.29 is 13.6 Å². The van der Waals surface area contributed by atoms with E-state index in [9.17, 15) is 13.6 Å². The molecule has 19 heavy (non-hydrogen) atoms. The molecule has 0 saturated carbocycles. The molecule has 1 N–H and O–H groups in total. The summed E-state index contributed by atoms with van der Waals surface area (Å²) in [5.41, 5.74) is -0.129. The van der Waals surface area contributed by atoms with Crippen LogP contribution in [0.1, 0.15) is 36.5 Å². The number of benzene rings is 1. The zero-order valence-electron chi connectivity index (χ0n) is 11.1. The molecule has 2 nitrogen and oxygen atoms in total. The third-order valence-electron chi connectivity index (χ3n) is 3.88. The number of halogens is 2. The zero-order valence-corrected chi connectivity index (χ0v) is 11.1. The first-order valence-electron chi connectivity index (χ1n) is 6.77. The van der Waals surface area contributed by atoms with Crippen LogP contribution >= 0.6 is 0 Å². The molecule has 0 aliphatic carbocycles. The minimum Gasteiger partial charge on any atom is -0.316 e. The number of nitrogens with one attached hydrogen (secondary N) is 1. The van der Waals surface area contributed by atoms with Gasteiger partial charge in [0.1, 0.15) is 11.6 Å². The quantitative estimate of drug-likeness (QED) is 0.849. The van der Waals surface area contributed by atoms with Crippen LogP contribution in [0, 0.1) is 23.5 Å². The van der Waals surface area contributed by atoms with Gasteiger partial charge in [-0.05, 0) is 56.0 Å². The van der Waals surface area contributed by atoms with Crippen LogP contribution in [0.25, 0.3) is 0 Å². The molecule has 1 aliphatic rings. The highest BCUT2D eigenvalue weighted by molar-refractivity contribution is 5.96. The Labute approximate surface area is 112 Å². The van der Waals surface area contributed by atoms with E-state index < -0.39 is 11.6 Å². The Hall–Kier alpha value is -1.29. The predicted molar refractivity (Wildman–Crippen MR) is 70.1 cm³/mol. The van der Waals surface area contributed by atoms with E-state index in [1.807, 2.05) is 6.92 Å². The molecule has 1 fully saturated rings. The summed E-state index contributed by atoms with van der Waals surface area (Å²) in [6, 6.07) is 3.03. The van der Waals surface area contributed by atoms with Gasteiger partial charge in [-0.1, -0.05) is 6.92 Å². The summed E-state index contributed by atoms with van der Waals surface area (Å²) in [4.78, 5) is 12.0. The first-order valence-corrected chi connectivity index (χ1v) is 6.77. The van der Waals surface area contributed by atoms with E-state index in [0.717, 1.165) is 44.1 Å². The van der Waals surface area contributed by atoms with E-state index in [1.165, 1.54) is 0 Å². The summed E-state index contributed by atoms with van der Waals surface area (Å²) in [6.07, 6.45) is 2.47. The largest absolute Gasteiger partial charge is 0.316 e. The lowest BCUT2D eigenvalue weighted by molar-refractivity contribution is 0.0938. The summed E-state index contributed by atoms with van der Waals surface area (Å²) in [7, 11) is 0. The summed E-state index contributed by atoms with van der Waals surface area (Å²) in [5.74, 6) is -0.899. The summed E-state index contributed by atoms with van der Waals surface area (Å²) >= 11 is 0. The monoisotopic (exact) mass is 267 g/mol. The van der Waals surface area contributed by atoms with E-state index in [1.54, 1.807) is 0 Å². The number of hydrogen-bond donors (Lipinski definition) is 1. The number of ketones is 1. The van der Waals surface area contributed by atoms with Crippen LogP contribution in [0.2, 0.25) is 0 Å². The van der Waals surface area contributed by atoms with Gasteiger partial charge in [-0.15, -0.1) is 0 Å². The van der Waals surface area contributed by atoms with E-state index in [2.05, 4.69) is 5.32 Å². The fourth-order valence-corrected chi connectivity index (χ4v) is 2.64. The van der Waals surface area contributed by atoms with E-state index >= 15 is 0 Å². The van der Waals surface area contributed by atoms with E-state index in [4.69, 9.17) is 0 Å². The van der Waals surface area contributed by atoms with Crippen molar-refractivity contribution in [2.24, 2.45) is 11.8 Å². The topological polar surface area (TPSA) is 29.1 Å². The third-order valence-corrected chi connectivity index (χ3v) is 3.88. The van der Waals surface area contributed by atoms with Crippen molar-refractivity contribution in [1.82, 2.24) is 5.32 Å². The molecule has 104 valence electrons. The predicted octanol–water partition coefficient (Wildman–Crippen LogP) is 3.17. The molecule has 1 aromatic rings. The van der Waals surface area contributed by atoms with Gasteiger partial charge in [-0.3, -0.25) is 4.79 Å². The van der Waals surface area contributed by atoms with Crippen molar-refractivity contribution in [1.29, 1.82) is 0 Å². The molecule has 1 saturated heterocycles. The number of carbonyl (C=O) groups excluding carboxylic acids is 1. The Balaban J connectivity index is 2.01. The minimum atomic E-state index is -0.639. The van der Waals surface area contributed by atoms with Gasteiger partial charge in [-0.2, -0.15) is 0 Å². The molecule has 1 heterocycles. The lowest BCUT2D eigenvalue weighted by atomic mass is 9.83. The van der Waals surface area contributed by atoms with Crippen LogP contribution < -0.4 is 5.32 Å². The highest BCUT2D eigenvalue weighted by atomic mass is 19.1. The molecular weight excluding hydrogens is 248 g/mol. The molecule has 0 amide bonds. The van der Waals surface area contributed by atoms with Gasteiger partial charge >= 0.3 is 0 Å². The molecule has 1 aliphatic heterocycles. The first-order chi connectivity index (χ1) is 9.08. The van der Waals surface area contributed by atoms with Crippen molar-refractivity contribution in [3.63, 3.8) is 0 Å². The molecule has 4 heteroatoms. The van der Waals surface area contributed by atoms with Gasteiger partial charge in [0.05, 0.1) is 5.56 Å². The average Bonchev–Trinajstić information content (AvgIpc) is 2.42.